The molecule has 100 valence electrons. The summed E-state index contributed by atoms with van der Waals surface area (Å²) in [6.07, 6.45) is 5.71. The van der Waals surface area contributed by atoms with Crippen molar-refractivity contribution in [2.45, 2.75) is 20.3 Å². The maximum Gasteiger partial charge on any atom is 0.155 e. The van der Waals surface area contributed by atoms with Crippen molar-refractivity contribution in [1.82, 2.24) is 20.2 Å². The Morgan fingerprint density at radius 2 is 2.05 bits per heavy atom. The molecule has 3 aromatic rings. The molecule has 20 heavy (non-hydrogen) atoms. The molecule has 0 amide bonds. The topological polar surface area (TPSA) is 71.5 Å². The van der Waals surface area contributed by atoms with Gasteiger partial charge < -0.3 is 0 Å². The molecule has 0 saturated carbocycles. The molecule has 1 N–H and O–H groups in total. The normalized spacial score (nSPS) is 10.9. The Morgan fingerprint density at radius 3 is 2.85 bits per heavy atom. The van der Waals surface area contributed by atoms with Gasteiger partial charge in [-0.05, 0) is 37.1 Å². The molecule has 5 heteroatoms. The van der Waals surface area contributed by atoms with Gasteiger partial charge in [-0.1, -0.05) is 0 Å². The molecule has 3 heterocycles. The van der Waals surface area contributed by atoms with E-state index in [1.165, 1.54) is 0 Å². The molecule has 0 fully saturated rings. The predicted octanol–water partition coefficient (Wildman–Crippen LogP) is 2.46. The van der Waals surface area contributed by atoms with Gasteiger partial charge in [0.05, 0.1) is 6.20 Å². The Morgan fingerprint density at radius 1 is 1.20 bits per heavy atom. The number of aryl methyl sites for hydroxylation is 1. The van der Waals surface area contributed by atoms with Gasteiger partial charge in [0.1, 0.15) is 5.78 Å². The van der Waals surface area contributed by atoms with Crippen LogP contribution in [0.3, 0.4) is 0 Å². The van der Waals surface area contributed by atoms with E-state index in [4.69, 9.17) is 0 Å². The van der Waals surface area contributed by atoms with E-state index in [1.807, 2.05) is 19.1 Å². The second-order valence-corrected chi connectivity index (χ2v) is 4.90. The molecule has 0 aliphatic carbocycles. The maximum absolute atomic E-state index is 11.2. The molecule has 0 aliphatic heterocycles. The van der Waals surface area contributed by atoms with Gasteiger partial charge >= 0.3 is 0 Å². The first-order chi connectivity index (χ1) is 9.63. The van der Waals surface area contributed by atoms with Crippen LogP contribution in [0, 0.1) is 6.92 Å². The highest BCUT2D eigenvalue weighted by atomic mass is 16.1. The van der Waals surface area contributed by atoms with E-state index in [9.17, 15) is 4.79 Å². The van der Waals surface area contributed by atoms with E-state index in [-0.39, 0.29) is 5.78 Å². The molecule has 0 atom stereocenters. The highest BCUT2D eigenvalue weighted by molar-refractivity contribution is 5.82. The quantitative estimate of drug-likeness (QED) is 0.790. The summed E-state index contributed by atoms with van der Waals surface area (Å²) in [6.45, 7) is 3.57. The largest absolute Gasteiger partial charge is 0.300 e. The van der Waals surface area contributed by atoms with Gasteiger partial charge in [0.15, 0.2) is 5.65 Å². The standard InChI is InChI=1S/C15H14N4O/c1-9-6-16-13(3-10(2)20)5-14(9)11-4-12-8-18-19-15(12)17-7-11/h4-8H,3H2,1-2H3,(H,17,18,19). The number of carbonyl (C=O) groups excluding carboxylic acids is 1. The second-order valence-electron chi connectivity index (χ2n) is 4.90. The number of hydrogen-bond acceptors (Lipinski definition) is 4. The van der Waals surface area contributed by atoms with Crippen LogP contribution in [0.25, 0.3) is 22.2 Å². The summed E-state index contributed by atoms with van der Waals surface area (Å²) in [6, 6.07) is 3.99. The lowest BCUT2D eigenvalue weighted by Gasteiger charge is -2.07. The number of H-pyrrole nitrogens is 1. The number of aromatic amines is 1. The van der Waals surface area contributed by atoms with Crippen LogP contribution in [-0.4, -0.2) is 25.9 Å². The zero-order valence-corrected chi connectivity index (χ0v) is 11.3. The summed E-state index contributed by atoms with van der Waals surface area (Å²) < 4.78 is 0. The van der Waals surface area contributed by atoms with Crippen molar-refractivity contribution in [3.63, 3.8) is 0 Å². The van der Waals surface area contributed by atoms with Crippen molar-refractivity contribution in [2.24, 2.45) is 0 Å². The number of Topliss-reactive ketones (excluding diaryl/α,β-unsaturated/α-hetero) is 1. The van der Waals surface area contributed by atoms with Gasteiger partial charge in [0.25, 0.3) is 0 Å². The number of nitrogens with zero attached hydrogens (tertiary/aromatic N) is 3. The van der Waals surface area contributed by atoms with Crippen molar-refractivity contribution in [3.8, 4) is 11.1 Å². The highest BCUT2D eigenvalue weighted by Gasteiger charge is 2.08. The minimum Gasteiger partial charge on any atom is -0.300 e. The molecule has 0 aromatic carbocycles. The molecule has 0 saturated heterocycles. The van der Waals surface area contributed by atoms with E-state index in [0.29, 0.717) is 6.42 Å². The molecule has 0 aliphatic rings. The SMILES string of the molecule is CC(=O)Cc1cc(-c2cnc3[nH]ncc3c2)c(C)cn1. The van der Waals surface area contributed by atoms with Crippen LogP contribution in [0.2, 0.25) is 0 Å². The summed E-state index contributed by atoms with van der Waals surface area (Å²) in [5.41, 5.74) is 4.66. The number of ketones is 1. The van der Waals surface area contributed by atoms with Gasteiger partial charge in [-0.2, -0.15) is 5.10 Å². The average Bonchev–Trinajstić information content (AvgIpc) is 2.87. The minimum absolute atomic E-state index is 0.107. The van der Waals surface area contributed by atoms with E-state index in [0.717, 1.165) is 33.4 Å². The van der Waals surface area contributed by atoms with Gasteiger partial charge in [-0.25, -0.2) is 4.98 Å². The number of carbonyl (C=O) groups is 1. The van der Waals surface area contributed by atoms with Gasteiger partial charge in [-0.3, -0.25) is 14.9 Å². The van der Waals surface area contributed by atoms with Crippen LogP contribution in [0.15, 0.2) is 30.7 Å². The zero-order chi connectivity index (χ0) is 14.1. The first kappa shape index (κ1) is 12.5. The maximum atomic E-state index is 11.2. The average molecular weight is 266 g/mol. The smallest absolute Gasteiger partial charge is 0.155 e. The molecule has 0 unspecified atom stereocenters. The van der Waals surface area contributed by atoms with Gasteiger partial charge in [0.2, 0.25) is 0 Å². The van der Waals surface area contributed by atoms with Crippen LogP contribution in [-0.2, 0) is 11.2 Å². The summed E-state index contributed by atoms with van der Waals surface area (Å²) in [4.78, 5) is 19.9. The van der Waals surface area contributed by atoms with Gasteiger partial charge in [0, 0.05) is 35.5 Å². The fourth-order valence-electron chi connectivity index (χ4n) is 2.21. The lowest BCUT2D eigenvalue weighted by atomic mass is 10.0. The zero-order valence-electron chi connectivity index (χ0n) is 11.3. The molecule has 5 nitrogen and oxygen atoms in total. The summed E-state index contributed by atoms with van der Waals surface area (Å²) in [5, 5.41) is 7.77. The van der Waals surface area contributed by atoms with Gasteiger partial charge in [-0.15, -0.1) is 0 Å². The Labute approximate surface area is 116 Å². The second kappa shape index (κ2) is 4.85. The summed E-state index contributed by atoms with van der Waals surface area (Å²) >= 11 is 0. The number of fused-ring (bicyclic) bond motifs is 1. The monoisotopic (exact) mass is 266 g/mol. The molecule has 3 aromatic heterocycles. The third-order valence-corrected chi connectivity index (χ3v) is 3.19. The molecular formula is C15H14N4O. The minimum atomic E-state index is 0.107. The van der Waals surface area contributed by atoms with E-state index >= 15 is 0 Å². The van der Waals surface area contributed by atoms with Crippen LogP contribution in [0.1, 0.15) is 18.2 Å². The molecule has 0 radical (unpaired) electrons. The molecular weight excluding hydrogens is 252 g/mol. The van der Waals surface area contributed by atoms with Crippen molar-refractivity contribution in [1.29, 1.82) is 0 Å². The summed E-state index contributed by atoms with van der Waals surface area (Å²) in [5.74, 6) is 0.107. The number of hydrogen-bond donors (Lipinski definition) is 1. The fourth-order valence-corrected chi connectivity index (χ4v) is 2.21. The first-order valence-corrected chi connectivity index (χ1v) is 6.38. The number of aromatic nitrogens is 4. The molecule has 0 bridgehead atoms. The number of pyridine rings is 2. The predicted molar refractivity (Wildman–Crippen MR) is 76.2 cm³/mol. The van der Waals surface area contributed by atoms with Crippen LogP contribution >= 0.6 is 0 Å². The highest BCUT2D eigenvalue weighted by Crippen LogP contribution is 2.25. The Hall–Kier alpha value is -2.56. The van der Waals surface area contributed by atoms with E-state index in [1.54, 1.807) is 25.5 Å². The summed E-state index contributed by atoms with van der Waals surface area (Å²) in [7, 11) is 0. The van der Waals surface area contributed by atoms with E-state index in [2.05, 4.69) is 20.2 Å². The Kier molecular flexibility index (Phi) is 3.02. The van der Waals surface area contributed by atoms with Crippen LogP contribution in [0.5, 0.6) is 0 Å². The van der Waals surface area contributed by atoms with Crippen molar-refractivity contribution in [2.75, 3.05) is 0 Å². The van der Waals surface area contributed by atoms with E-state index < -0.39 is 0 Å². The van der Waals surface area contributed by atoms with Crippen molar-refractivity contribution in [3.05, 3.63) is 42.0 Å². The Balaban J connectivity index is 2.09. The number of rotatable bonds is 3. The Bertz CT molecular complexity index is 791. The van der Waals surface area contributed by atoms with Crippen LogP contribution < -0.4 is 0 Å². The lowest BCUT2D eigenvalue weighted by Crippen LogP contribution is -2.00. The first-order valence-electron chi connectivity index (χ1n) is 6.38. The lowest BCUT2D eigenvalue weighted by molar-refractivity contribution is -0.116. The molecule has 3 rings (SSSR count). The molecule has 0 spiro atoms. The number of nitrogens with one attached hydrogen (secondary N) is 1. The third-order valence-electron chi connectivity index (χ3n) is 3.19. The fraction of sp³-hybridized carbons (Fsp3) is 0.200. The third kappa shape index (κ3) is 2.30. The van der Waals surface area contributed by atoms with Crippen molar-refractivity contribution >= 4 is 16.8 Å². The van der Waals surface area contributed by atoms with Crippen molar-refractivity contribution < 1.29 is 4.79 Å². The van der Waals surface area contributed by atoms with Crippen LogP contribution in [0.4, 0.5) is 0 Å².